The molecule has 0 fully saturated rings. The van der Waals surface area contributed by atoms with Crippen LogP contribution in [0, 0.1) is 11.8 Å². The van der Waals surface area contributed by atoms with Crippen molar-refractivity contribution >= 4 is 5.97 Å². The Bertz CT molecular complexity index is 152. The first-order chi connectivity index (χ1) is 5.61. The summed E-state index contributed by atoms with van der Waals surface area (Å²) in [5.74, 6) is 0.258. The Morgan fingerprint density at radius 3 is 2.58 bits per heavy atom. The molecule has 0 saturated heterocycles. The van der Waals surface area contributed by atoms with Crippen molar-refractivity contribution in [1.82, 2.24) is 0 Å². The van der Waals surface area contributed by atoms with Gasteiger partial charge in [-0.25, -0.2) is 0 Å². The highest BCUT2D eigenvalue weighted by molar-refractivity contribution is 5.71. The van der Waals surface area contributed by atoms with Crippen molar-refractivity contribution < 1.29 is 9.53 Å². The number of hydrogen-bond acceptors (Lipinski definition) is 2. The van der Waals surface area contributed by atoms with Crippen molar-refractivity contribution in [2.24, 2.45) is 11.8 Å². The molecule has 0 radical (unpaired) electrons. The minimum Gasteiger partial charge on any atom is -0.466 e. The van der Waals surface area contributed by atoms with Gasteiger partial charge in [-0.3, -0.25) is 4.79 Å². The summed E-state index contributed by atoms with van der Waals surface area (Å²) in [6.45, 7) is 9.88. The van der Waals surface area contributed by atoms with Crippen LogP contribution in [0.2, 0.25) is 0 Å². The molecule has 0 aromatic rings. The second-order valence-electron chi connectivity index (χ2n) is 3.10. The number of carbonyl (C=O) groups is 1. The zero-order chi connectivity index (χ0) is 9.56. The smallest absolute Gasteiger partial charge is 0.308 e. The van der Waals surface area contributed by atoms with Crippen LogP contribution in [0.25, 0.3) is 0 Å². The molecule has 0 amide bonds. The Balaban J connectivity index is 3.77. The lowest BCUT2D eigenvalue weighted by Crippen LogP contribution is -2.16. The average molecular weight is 170 g/mol. The van der Waals surface area contributed by atoms with E-state index in [2.05, 4.69) is 6.58 Å². The fraction of sp³-hybridized carbons (Fsp3) is 0.700. The van der Waals surface area contributed by atoms with Gasteiger partial charge in [-0.1, -0.05) is 19.9 Å². The first-order valence-electron chi connectivity index (χ1n) is 4.41. The fourth-order valence-electron chi connectivity index (χ4n) is 1.03. The Hall–Kier alpha value is -0.790. The van der Waals surface area contributed by atoms with E-state index in [1.807, 2.05) is 26.8 Å². The molecular formula is C10H18O2. The Morgan fingerprint density at radius 2 is 2.17 bits per heavy atom. The predicted octanol–water partition coefficient (Wildman–Crippen LogP) is 2.40. The Labute approximate surface area is 74.6 Å². The van der Waals surface area contributed by atoms with Crippen LogP contribution in [0.15, 0.2) is 12.7 Å². The van der Waals surface area contributed by atoms with Gasteiger partial charge in [-0.15, -0.1) is 6.58 Å². The molecule has 0 aromatic heterocycles. The van der Waals surface area contributed by atoms with Crippen LogP contribution in [0.1, 0.15) is 27.2 Å². The number of ether oxygens (including phenoxy) is 1. The molecular weight excluding hydrogens is 152 g/mol. The summed E-state index contributed by atoms with van der Waals surface area (Å²) < 4.78 is 4.88. The molecule has 0 aliphatic heterocycles. The molecule has 2 heteroatoms. The van der Waals surface area contributed by atoms with E-state index in [1.165, 1.54) is 0 Å². The van der Waals surface area contributed by atoms with E-state index in [1.54, 1.807) is 0 Å². The Morgan fingerprint density at radius 1 is 1.58 bits per heavy atom. The zero-order valence-electron chi connectivity index (χ0n) is 8.17. The molecule has 0 aliphatic rings. The van der Waals surface area contributed by atoms with Gasteiger partial charge in [0, 0.05) is 0 Å². The van der Waals surface area contributed by atoms with Crippen molar-refractivity contribution in [2.45, 2.75) is 27.2 Å². The molecule has 12 heavy (non-hydrogen) atoms. The third-order valence-corrected chi connectivity index (χ3v) is 1.82. The Kier molecular flexibility index (Phi) is 5.43. The summed E-state index contributed by atoms with van der Waals surface area (Å²) >= 11 is 0. The largest absolute Gasteiger partial charge is 0.466 e. The van der Waals surface area contributed by atoms with E-state index >= 15 is 0 Å². The molecule has 2 unspecified atom stereocenters. The van der Waals surface area contributed by atoms with Gasteiger partial charge in [-0.05, 0) is 19.3 Å². The standard InChI is InChI=1S/C10H18O2/c1-5-8(3)7-9(4)10(11)12-6-2/h5,8-9H,1,6-7H2,2-4H3. The maximum atomic E-state index is 11.1. The molecule has 0 spiro atoms. The lowest BCUT2D eigenvalue weighted by Gasteiger charge is -2.12. The van der Waals surface area contributed by atoms with Crippen LogP contribution in [-0.2, 0) is 9.53 Å². The third-order valence-electron chi connectivity index (χ3n) is 1.82. The number of allylic oxidation sites excluding steroid dienone is 1. The summed E-state index contributed by atoms with van der Waals surface area (Å²) in [6, 6.07) is 0. The van der Waals surface area contributed by atoms with Gasteiger partial charge >= 0.3 is 5.97 Å². The second-order valence-corrected chi connectivity index (χ2v) is 3.10. The maximum absolute atomic E-state index is 11.1. The molecule has 0 N–H and O–H groups in total. The van der Waals surface area contributed by atoms with Crippen LogP contribution in [0.5, 0.6) is 0 Å². The summed E-state index contributed by atoms with van der Waals surface area (Å²) in [5, 5.41) is 0. The highest BCUT2D eigenvalue weighted by Crippen LogP contribution is 2.13. The first kappa shape index (κ1) is 11.2. The SMILES string of the molecule is C=CC(C)CC(C)C(=O)OCC. The minimum atomic E-state index is -0.105. The highest BCUT2D eigenvalue weighted by atomic mass is 16.5. The van der Waals surface area contributed by atoms with Crippen LogP contribution < -0.4 is 0 Å². The van der Waals surface area contributed by atoms with Crippen molar-refractivity contribution in [1.29, 1.82) is 0 Å². The topological polar surface area (TPSA) is 26.3 Å². The van der Waals surface area contributed by atoms with E-state index < -0.39 is 0 Å². The van der Waals surface area contributed by atoms with Crippen LogP contribution in [-0.4, -0.2) is 12.6 Å². The quantitative estimate of drug-likeness (QED) is 0.468. The molecule has 2 atom stereocenters. The van der Waals surface area contributed by atoms with Crippen molar-refractivity contribution in [3.05, 3.63) is 12.7 Å². The van der Waals surface area contributed by atoms with Crippen molar-refractivity contribution in [3.63, 3.8) is 0 Å². The molecule has 0 heterocycles. The lowest BCUT2D eigenvalue weighted by molar-refractivity contribution is -0.147. The van der Waals surface area contributed by atoms with Gasteiger partial charge in [0.25, 0.3) is 0 Å². The van der Waals surface area contributed by atoms with Gasteiger partial charge in [-0.2, -0.15) is 0 Å². The molecule has 0 rings (SSSR count). The van der Waals surface area contributed by atoms with E-state index in [0.29, 0.717) is 12.5 Å². The van der Waals surface area contributed by atoms with Gasteiger partial charge in [0.05, 0.1) is 12.5 Å². The van der Waals surface area contributed by atoms with Gasteiger partial charge in [0.1, 0.15) is 0 Å². The van der Waals surface area contributed by atoms with Crippen LogP contribution in [0.4, 0.5) is 0 Å². The predicted molar refractivity (Wildman–Crippen MR) is 49.8 cm³/mol. The van der Waals surface area contributed by atoms with Gasteiger partial charge < -0.3 is 4.74 Å². The molecule has 0 saturated carbocycles. The second kappa shape index (κ2) is 5.81. The van der Waals surface area contributed by atoms with Crippen molar-refractivity contribution in [2.75, 3.05) is 6.61 Å². The first-order valence-corrected chi connectivity index (χ1v) is 4.41. The number of esters is 1. The fourth-order valence-corrected chi connectivity index (χ4v) is 1.03. The zero-order valence-corrected chi connectivity index (χ0v) is 8.17. The monoisotopic (exact) mass is 170 g/mol. The van der Waals surface area contributed by atoms with E-state index in [9.17, 15) is 4.79 Å². The molecule has 0 bridgehead atoms. The molecule has 0 aromatic carbocycles. The van der Waals surface area contributed by atoms with Gasteiger partial charge in [0.15, 0.2) is 0 Å². The van der Waals surface area contributed by atoms with Crippen molar-refractivity contribution in [3.8, 4) is 0 Å². The van der Waals surface area contributed by atoms with Crippen LogP contribution in [0.3, 0.4) is 0 Å². The summed E-state index contributed by atoms with van der Waals surface area (Å²) in [6.07, 6.45) is 2.68. The van der Waals surface area contributed by atoms with Gasteiger partial charge in [0.2, 0.25) is 0 Å². The molecule has 70 valence electrons. The molecule has 2 nitrogen and oxygen atoms in total. The molecule has 0 aliphatic carbocycles. The van der Waals surface area contributed by atoms with E-state index in [-0.39, 0.29) is 11.9 Å². The average Bonchev–Trinajstić information content (AvgIpc) is 2.04. The third kappa shape index (κ3) is 4.16. The minimum absolute atomic E-state index is 0.0158. The lowest BCUT2D eigenvalue weighted by atomic mass is 9.98. The normalized spacial score (nSPS) is 14.9. The summed E-state index contributed by atoms with van der Waals surface area (Å²) in [7, 11) is 0. The van der Waals surface area contributed by atoms with E-state index in [0.717, 1.165) is 6.42 Å². The highest BCUT2D eigenvalue weighted by Gasteiger charge is 2.15. The number of rotatable bonds is 5. The van der Waals surface area contributed by atoms with E-state index in [4.69, 9.17) is 4.74 Å². The maximum Gasteiger partial charge on any atom is 0.308 e. The summed E-state index contributed by atoms with van der Waals surface area (Å²) in [5.41, 5.74) is 0. The number of hydrogen-bond donors (Lipinski definition) is 0. The van der Waals surface area contributed by atoms with Crippen LogP contribution >= 0.6 is 0 Å². The summed E-state index contributed by atoms with van der Waals surface area (Å²) in [4.78, 5) is 11.1. The number of carbonyl (C=O) groups excluding carboxylic acids is 1.